The molecular formula is C33H41N3O6S. The van der Waals surface area contributed by atoms with E-state index in [1.807, 2.05) is 38.1 Å². The summed E-state index contributed by atoms with van der Waals surface area (Å²) in [5, 5.41) is 3.13. The number of nitrogens with one attached hydrogen (secondary N) is 1. The Morgan fingerprint density at radius 2 is 1.58 bits per heavy atom. The highest BCUT2D eigenvalue weighted by atomic mass is 32.2. The van der Waals surface area contributed by atoms with E-state index >= 15 is 0 Å². The third-order valence-electron chi connectivity index (χ3n) is 7.83. The minimum absolute atomic E-state index is 0.0575. The number of hydrogen-bond acceptors (Lipinski definition) is 6. The van der Waals surface area contributed by atoms with Crippen molar-refractivity contribution in [1.29, 1.82) is 0 Å². The molecule has 9 nitrogen and oxygen atoms in total. The van der Waals surface area contributed by atoms with E-state index in [0.29, 0.717) is 17.9 Å². The second-order valence-electron chi connectivity index (χ2n) is 10.8. The van der Waals surface area contributed by atoms with Crippen LogP contribution >= 0.6 is 0 Å². The van der Waals surface area contributed by atoms with Crippen LogP contribution in [0.3, 0.4) is 0 Å². The number of benzene rings is 3. The number of amides is 2. The van der Waals surface area contributed by atoms with Crippen LogP contribution in [-0.4, -0.2) is 58.0 Å². The van der Waals surface area contributed by atoms with E-state index in [2.05, 4.69) is 5.32 Å². The van der Waals surface area contributed by atoms with E-state index in [9.17, 15) is 18.0 Å². The number of methoxy groups -OCH3 is 2. The summed E-state index contributed by atoms with van der Waals surface area (Å²) in [4.78, 5) is 29.3. The van der Waals surface area contributed by atoms with Gasteiger partial charge in [0.05, 0.1) is 24.8 Å². The van der Waals surface area contributed by atoms with Gasteiger partial charge >= 0.3 is 0 Å². The molecule has 1 N–H and O–H groups in total. The highest BCUT2D eigenvalue weighted by Crippen LogP contribution is 2.32. The molecule has 1 atom stereocenters. The van der Waals surface area contributed by atoms with Gasteiger partial charge in [-0.15, -0.1) is 0 Å². The molecule has 4 rings (SSSR count). The first-order chi connectivity index (χ1) is 20.7. The number of ether oxygens (including phenoxy) is 2. The largest absolute Gasteiger partial charge is 0.493 e. The third kappa shape index (κ3) is 7.67. The molecule has 43 heavy (non-hydrogen) atoms. The molecule has 0 aromatic heterocycles. The summed E-state index contributed by atoms with van der Waals surface area (Å²) in [7, 11) is -1.34. The predicted octanol–water partition coefficient (Wildman–Crippen LogP) is 5.07. The van der Waals surface area contributed by atoms with Gasteiger partial charge < -0.3 is 19.7 Å². The van der Waals surface area contributed by atoms with Gasteiger partial charge in [0, 0.05) is 18.7 Å². The monoisotopic (exact) mass is 607 g/mol. The van der Waals surface area contributed by atoms with Crippen LogP contribution in [0.1, 0.15) is 50.2 Å². The maximum atomic E-state index is 14.2. The van der Waals surface area contributed by atoms with Crippen molar-refractivity contribution in [3.63, 3.8) is 0 Å². The molecule has 1 aliphatic carbocycles. The zero-order valence-corrected chi connectivity index (χ0v) is 26.1. The number of aryl methyl sites for hydroxylation is 1. The van der Waals surface area contributed by atoms with Gasteiger partial charge in [-0.05, 0) is 56.0 Å². The molecule has 230 valence electrons. The minimum Gasteiger partial charge on any atom is -0.493 e. The maximum Gasteiger partial charge on any atom is 0.264 e. The lowest BCUT2D eigenvalue weighted by Gasteiger charge is -2.33. The Labute approximate surface area is 254 Å². The van der Waals surface area contributed by atoms with Crippen molar-refractivity contribution in [3.8, 4) is 11.5 Å². The predicted molar refractivity (Wildman–Crippen MR) is 167 cm³/mol. The molecule has 2 amide bonds. The van der Waals surface area contributed by atoms with Crippen LogP contribution < -0.4 is 19.1 Å². The molecule has 1 saturated carbocycles. The molecule has 10 heteroatoms. The summed E-state index contributed by atoms with van der Waals surface area (Å²) in [6, 6.07) is 19.9. The summed E-state index contributed by atoms with van der Waals surface area (Å²) < 4.78 is 40.0. The van der Waals surface area contributed by atoms with Gasteiger partial charge in [-0.3, -0.25) is 13.9 Å². The zero-order valence-electron chi connectivity index (χ0n) is 25.3. The van der Waals surface area contributed by atoms with Gasteiger partial charge in [0.2, 0.25) is 11.8 Å². The van der Waals surface area contributed by atoms with Crippen molar-refractivity contribution >= 4 is 27.5 Å². The van der Waals surface area contributed by atoms with Gasteiger partial charge in [0.25, 0.3) is 10.0 Å². The number of hydrogen-bond donors (Lipinski definition) is 1. The summed E-state index contributed by atoms with van der Waals surface area (Å²) in [5.41, 5.74) is 2.24. The average molecular weight is 608 g/mol. The number of carbonyl (C=O) groups excluding carboxylic acids is 2. The Morgan fingerprint density at radius 3 is 2.19 bits per heavy atom. The highest BCUT2D eigenvalue weighted by Gasteiger charge is 2.35. The van der Waals surface area contributed by atoms with Crippen LogP contribution in [0.4, 0.5) is 5.69 Å². The number of nitrogens with zero attached hydrogens (tertiary/aromatic N) is 2. The SMILES string of the molecule is CC[C@H](C(=O)NC1CCCC1)N(Cc1ccc(C)cc1)C(=O)CN(c1ccccc1)S(=O)(=O)c1ccc(OC)c(OC)c1. The Bertz CT molecular complexity index is 1490. The Balaban J connectivity index is 1.71. The van der Waals surface area contributed by atoms with E-state index in [-0.39, 0.29) is 29.1 Å². The summed E-state index contributed by atoms with van der Waals surface area (Å²) in [6.45, 7) is 3.51. The van der Waals surface area contributed by atoms with Crippen molar-refractivity contribution in [2.24, 2.45) is 0 Å². The van der Waals surface area contributed by atoms with Crippen molar-refractivity contribution in [1.82, 2.24) is 10.2 Å². The topological polar surface area (TPSA) is 105 Å². The molecule has 3 aromatic carbocycles. The maximum absolute atomic E-state index is 14.2. The molecule has 0 unspecified atom stereocenters. The van der Waals surface area contributed by atoms with Gasteiger partial charge in [-0.2, -0.15) is 0 Å². The van der Waals surface area contributed by atoms with Crippen molar-refractivity contribution < 1.29 is 27.5 Å². The van der Waals surface area contributed by atoms with Crippen LogP contribution in [0.2, 0.25) is 0 Å². The fourth-order valence-electron chi connectivity index (χ4n) is 5.40. The molecule has 0 radical (unpaired) electrons. The number of anilines is 1. The van der Waals surface area contributed by atoms with Crippen LogP contribution in [0, 0.1) is 6.92 Å². The van der Waals surface area contributed by atoms with E-state index < -0.39 is 28.5 Å². The minimum atomic E-state index is -4.24. The van der Waals surface area contributed by atoms with Gasteiger partial charge in [-0.1, -0.05) is 67.8 Å². The standard InChI is InChI=1S/C33H41N3O6S/c1-5-29(33(38)34-26-11-9-10-12-26)35(22-25-17-15-24(2)16-18-25)32(37)23-36(27-13-7-6-8-14-27)43(39,40)28-19-20-30(41-3)31(21-28)42-4/h6-8,13-21,26,29H,5,9-12,22-23H2,1-4H3,(H,34,38)/t29-/m1/s1. The molecule has 0 saturated heterocycles. The summed E-state index contributed by atoms with van der Waals surface area (Å²) >= 11 is 0. The van der Waals surface area contributed by atoms with Crippen LogP contribution in [0.25, 0.3) is 0 Å². The molecule has 1 fully saturated rings. The lowest BCUT2D eigenvalue weighted by Crippen LogP contribution is -2.53. The van der Waals surface area contributed by atoms with E-state index in [1.165, 1.54) is 37.3 Å². The molecule has 0 spiro atoms. The molecule has 0 aliphatic heterocycles. The molecule has 1 aliphatic rings. The fraction of sp³-hybridized carbons (Fsp3) is 0.394. The number of carbonyl (C=O) groups is 2. The van der Waals surface area contributed by atoms with E-state index in [0.717, 1.165) is 41.1 Å². The molecule has 0 heterocycles. The highest BCUT2D eigenvalue weighted by molar-refractivity contribution is 7.92. The first kappa shape index (κ1) is 31.9. The normalized spacial score (nSPS) is 14.1. The first-order valence-corrected chi connectivity index (χ1v) is 16.1. The summed E-state index contributed by atoms with van der Waals surface area (Å²) in [6.07, 6.45) is 4.34. The van der Waals surface area contributed by atoms with Crippen LogP contribution in [0.15, 0.2) is 77.7 Å². The number of rotatable bonds is 13. The van der Waals surface area contributed by atoms with Crippen molar-refractivity contribution in [2.75, 3.05) is 25.1 Å². The van der Waals surface area contributed by atoms with Crippen molar-refractivity contribution in [3.05, 3.63) is 83.9 Å². The molecular weight excluding hydrogens is 566 g/mol. The number of sulfonamides is 1. The third-order valence-corrected chi connectivity index (χ3v) is 9.60. The second kappa shape index (κ2) is 14.4. The fourth-order valence-corrected chi connectivity index (χ4v) is 6.83. The Hall–Kier alpha value is -4.05. The molecule has 0 bridgehead atoms. The van der Waals surface area contributed by atoms with Gasteiger partial charge in [0.15, 0.2) is 11.5 Å². The zero-order chi connectivity index (χ0) is 31.0. The van der Waals surface area contributed by atoms with Crippen LogP contribution in [0.5, 0.6) is 11.5 Å². The smallest absolute Gasteiger partial charge is 0.264 e. The lowest BCUT2D eigenvalue weighted by molar-refractivity contribution is -0.140. The quantitative estimate of drug-likeness (QED) is 0.291. The van der Waals surface area contributed by atoms with Gasteiger partial charge in [-0.25, -0.2) is 8.42 Å². The first-order valence-electron chi connectivity index (χ1n) is 14.6. The lowest BCUT2D eigenvalue weighted by atomic mass is 10.1. The molecule has 3 aromatic rings. The number of para-hydroxylation sites is 1. The Morgan fingerprint density at radius 1 is 0.930 bits per heavy atom. The van der Waals surface area contributed by atoms with E-state index in [1.54, 1.807) is 30.3 Å². The average Bonchev–Trinajstić information content (AvgIpc) is 3.53. The second-order valence-corrected chi connectivity index (χ2v) is 12.6. The van der Waals surface area contributed by atoms with Crippen molar-refractivity contribution in [2.45, 2.75) is 69.5 Å². The van der Waals surface area contributed by atoms with E-state index in [4.69, 9.17) is 9.47 Å². The summed E-state index contributed by atoms with van der Waals surface area (Å²) in [5.74, 6) is -0.0727. The Kier molecular flexibility index (Phi) is 10.7. The van der Waals surface area contributed by atoms with Gasteiger partial charge in [0.1, 0.15) is 12.6 Å². The van der Waals surface area contributed by atoms with Crippen LogP contribution in [-0.2, 0) is 26.2 Å².